The van der Waals surface area contributed by atoms with Gasteiger partial charge in [0, 0.05) is 22.5 Å². The maximum Gasteiger partial charge on any atom is 0.306 e. The molecule has 0 radical (unpaired) electrons. The lowest BCUT2D eigenvalue weighted by Crippen LogP contribution is -2.30. The Balaban J connectivity index is 1.74. The molecular weight excluding hydrogens is 390 g/mol. The fourth-order valence-corrected chi connectivity index (χ4v) is 3.65. The molecular formula is C21H17N3O4S. The van der Waals surface area contributed by atoms with E-state index in [0.29, 0.717) is 33.1 Å². The molecule has 29 heavy (non-hydrogen) atoms. The van der Waals surface area contributed by atoms with E-state index < -0.39 is 0 Å². The lowest BCUT2D eigenvalue weighted by molar-refractivity contribution is -0.114. The van der Waals surface area contributed by atoms with Gasteiger partial charge < -0.3 is 14.8 Å². The number of amides is 1. The number of carbonyl (C=O) groups excluding carboxylic acids is 1. The molecule has 4 rings (SSSR count). The summed E-state index contributed by atoms with van der Waals surface area (Å²) in [5, 5.41) is 4.53. The Bertz CT molecular complexity index is 1300. The van der Waals surface area contributed by atoms with Crippen LogP contribution in [-0.2, 0) is 4.79 Å². The zero-order valence-electron chi connectivity index (χ0n) is 15.7. The van der Waals surface area contributed by atoms with Crippen LogP contribution in [0.4, 0.5) is 11.5 Å². The Morgan fingerprint density at radius 1 is 1.07 bits per heavy atom. The molecule has 1 amide bonds. The van der Waals surface area contributed by atoms with Crippen LogP contribution in [0.25, 0.3) is 12.2 Å². The third-order valence-electron chi connectivity index (χ3n) is 4.32. The molecule has 146 valence electrons. The van der Waals surface area contributed by atoms with Crippen molar-refractivity contribution in [3.8, 4) is 11.5 Å². The summed E-state index contributed by atoms with van der Waals surface area (Å²) in [5.41, 5.74) is 1.13. The first-order valence-corrected chi connectivity index (χ1v) is 9.52. The van der Waals surface area contributed by atoms with Gasteiger partial charge in [-0.2, -0.15) is 0 Å². The number of methoxy groups -OCH3 is 2. The van der Waals surface area contributed by atoms with Crippen molar-refractivity contribution in [3.05, 3.63) is 73.2 Å². The van der Waals surface area contributed by atoms with Gasteiger partial charge in [-0.05, 0) is 42.5 Å². The van der Waals surface area contributed by atoms with E-state index in [1.807, 2.05) is 30.3 Å². The third-order valence-corrected chi connectivity index (χ3v) is 5.15. The number of rotatable bonds is 5. The number of nitrogens with one attached hydrogen (secondary N) is 2. The quantitative estimate of drug-likeness (QED) is 0.633. The second-order valence-electron chi connectivity index (χ2n) is 6.20. The Kier molecular flexibility index (Phi) is 5.01. The van der Waals surface area contributed by atoms with Crippen LogP contribution in [0.1, 0.15) is 4.88 Å². The van der Waals surface area contributed by atoms with Gasteiger partial charge in [-0.25, -0.2) is 4.99 Å². The number of benzene rings is 2. The standard InChI is InChI=1S/C21H17N3O4S/c1-27-15-5-3-4-14(11-15)22-19-18(29-21(26)24-19)10-13-8-12-9-16(28-2)6-7-17(12)23-20(13)25/h3-11,22H,1-2H3,(H,24,26). The minimum atomic E-state index is -0.365. The molecule has 0 unspecified atom stereocenters. The fraction of sp³-hybridized carbons (Fsp3) is 0.0952. The number of thiazole rings is 1. The van der Waals surface area contributed by atoms with Gasteiger partial charge in [0.25, 0.3) is 5.91 Å². The van der Waals surface area contributed by atoms with Gasteiger partial charge >= 0.3 is 4.87 Å². The molecule has 1 aliphatic heterocycles. The number of fused-ring (bicyclic) bond motifs is 1. The number of aromatic amines is 1. The van der Waals surface area contributed by atoms with Gasteiger partial charge in [-0.15, -0.1) is 0 Å². The van der Waals surface area contributed by atoms with Gasteiger partial charge in [0.2, 0.25) is 0 Å². The van der Waals surface area contributed by atoms with Crippen LogP contribution in [0.3, 0.4) is 0 Å². The number of hydrogen-bond donors (Lipinski definition) is 2. The predicted octanol–water partition coefficient (Wildman–Crippen LogP) is 2.22. The molecule has 2 heterocycles. The Labute approximate surface area is 169 Å². The Hall–Kier alpha value is -3.65. The number of carbonyl (C=O) groups is 1. The van der Waals surface area contributed by atoms with Crippen molar-refractivity contribution in [2.75, 3.05) is 19.5 Å². The molecule has 0 fully saturated rings. The number of H-pyrrole nitrogens is 1. The SMILES string of the molecule is COc1cccc(Nc2[nH]c(=O)sc2C=C2C=c3cc(OC)ccc3=NC2=O)c1. The Morgan fingerprint density at radius 3 is 2.66 bits per heavy atom. The van der Waals surface area contributed by atoms with Gasteiger partial charge in [0.1, 0.15) is 17.3 Å². The van der Waals surface area contributed by atoms with Crippen LogP contribution < -0.4 is 30.2 Å². The summed E-state index contributed by atoms with van der Waals surface area (Å²) in [6, 6.07) is 12.6. The van der Waals surface area contributed by atoms with E-state index >= 15 is 0 Å². The first-order chi connectivity index (χ1) is 14.1. The van der Waals surface area contributed by atoms with E-state index in [1.54, 1.807) is 38.5 Å². The summed E-state index contributed by atoms with van der Waals surface area (Å²) >= 11 is 1.01. The maximum atomic E-state index is 12.5. The van der Waals surface area contributed by atoms with Gasteiger partial charge in [0.15, 0.2) is 0 Å². The zero-order chi connectivity index (χ0) is 20.4. The molecule has 0 saturated heterocycles. The first kappa shape index (κ1) is 18.7. The molecule has 2 N–H and O–H groups in total. The summed E-state index contributed by atoms with van der Waals surface area (Å²) < 4.78 is 10.5. The number of aromatic nitrogens is 1. The number of anilines is 2. The van der Waals surface area contributed by atoms with Crippen molar-refractivity contribution >= 4 is 40.9 Å². The van der Waals surface area contributed by atoms with E-state index in [4.69, 9.17) is 9.47 Å². The monoisotopic (exact) mass is 407 g/mol. The molecule has 0 atom stereocenters. The van der Waals surface area contributed by atoms with Crippen LogP contribution in [0.15, 0.2) is 57.8 Å². The normalized spacial score (nSPS) is 14.0. The van der Waals surface area contributed by atoms with Crippen molar-refractivity contribution in [1.82, 2.24) is 4.98 Å². The molecule has 0 spiro atoms. The van der Waals surface area contributed by atoms with E-state index in [2.05, 4.69) is 15.3 Å². The van der Waals surface area contributed by atoms with E-state index in [-0.39, 0.29) is 10.8 Å². The van der Waals surface area contributed by atoms with Crippen molar-refractivity contribution < 1.29 is 14.3 Å². The third kappa shape index (κ3) is 3.97. The van der Waals surface area contributed by atoms with Crippen molar-refractivity contribution in [2.24, 2.45) is 4.99 Å². The second kappa shape index (κ2) is 7.76. The molecule has 3 aromatic rings. The highest BCUT2D eigenvalue weighted by atomic mass is 32.1. The van der Waals surface area contributed by atoms with E-state index in [1.165, 1.54) is 0 Å². The van der Waals surface area contributed by atoms with E-state index in [9.17, 15) is 9.59 Å². The molecule has 1 aliphatic rings. The predicted molar refractivity (Wildman–Crippen MR) is 112 cm³/mol. The number of nitrogens with zero attached hydrogens (tertiary/aromatic N) is 1. The van der Waals surface area contributed by atoms with Crippen LogP contribution in [0.2, 0.25) is 0 Å². The highest BCUT2D eigenvalue weighted by Gasteiger charge is 2.14. The maximum absolute atomic E-state index is 12.5. The number of ether oxygens (including phenoxy) is 2. The molecule has 0 saturated carbocycles. The molecule has 0 bridgehead atoms. The van der Waals surface area contributed by atoms with Crippen LogP contribution in [0.5, 0.6) is 11.5 Å². The van der Waals surface area contributed by atoms with Crippen molar-refractivity contribution in [1.29, 1.82) is 0 Å². The van der Waals surface area contributed by atoms with E-state index in [0.717, 1.165) is 22.2 Å². The van der Waals surface area contributed by atoms with Gasteiger partial charge in [-0.1, -0.05) is 17.4 Å². The topological polar surface area (TPSA) is 92.8 Å². The highest BCUT2D eigenvalue weighted by molar-refractivity contribution is 7.10. The molecule has 8 heteroatoms. The lowest BCUT2D eigenvalue weighted by atomic mass is 10.1. The summed E-state index contributed by atoms with van der Waals surface area (Å²) in [6.45, 7) is 0. The lowest BCUT2D eigenvalue weighted by Gasteiger charge is -2.08. The fourth-order valence-electron chi connectivity index (χ4n) is 2.90. The minimum absolute atomic E-state index is 0.232. The zero-order valence-corrected chi connectivity index (χ0v) is 16.5. The summed E-state index contributed by atoms with van der Waals surface area (Å²) in [4.78, 5) is 31.7. The summed E-state index contributed by atoms with van der Waals surface area (Å²) in [6.07, 6.45) is 3.39. The van der Waals surface area contributed by atoms with Crippen molar-refractivity contribution in [3.63, 3.8) is 0 Å². The Morgan fingerprint density at radius 2 is 1.86 bits per heavy atom. The largest absolute Gasteiger partial charge is 0.497 e. The van der Waals surface area contributed by atoms with Crippen LogP contribution in [-0.4, -0.2) is 25.1 Å². The molecule has 0 aliphatic carbocycles. The highest BCUT2D eigenvalue weighted by Crippen LogP contribution is 2.26. The second-order valence-corrected chi connectivity index (χ2v) is 7.21. The summed E-state index contributed by atoms with van der Waals surface area (Å²) in [5.74, 6) is 1.50. The molecule has 2 aromatic carbocycles. The van der Waals surface area contributed by atoms with Gasteiger partial charge in [-0.3, -0.25) is 14.6 Å². The summed E-state index contributed by atoms with van der Waals surface area (Å²) in [7, 11) is 3.17. The molecule has 7 nitrogen and oxygen atoms in total. The average Bonchev–Trinajstić information content (AvgIpc) is 3.07. The first-order valence-electron chi connectivity index (χ1n) is 8.70. The van der Waals surface area contributed by atoms with Crippen LogP contribution >= 0.6 is 11.3 Å². The van der Waals surface area contributed by atoms with Crippen LogP contribution in [0, 0.1) is 0 Å². The minimum Gasteiger partial charge on any atom is -0.497 e. The van der Waals surface area contributed by atoms with Crippen molar-refractivity contribution in [2.45, 2.75) is 0 Å². The molecule has 1 aromatic heterocycles. The smallest absolute Gasteiger partial charge is 0.306 e. The van der Waals surface area contributed by atoms with Gasteiger partial charge in [0.05, 0.1) is 24.5 Å². The number of hydrogen-bond acceptors (Lipinski definition) is 6. The average molecular weight is 407 g/mol.